The number of rotatable bonds is 10. The highest BCUT2D eigenvalue weighted by molar-refractivity contribution is 6.33. The van der Waals surface area contributed by atoms with E-state index in [1.54, 1.807) is 0 Å². The Morgan fingerprint density at radius 3 is 2.74 bits per heavy atom. The molecule has 0 fully saturated rings. The molecule has 0 aliphatic rings. The van der Waals surface area contributed by atoms with Gasteiger partial charge in [-0.15, -0.1) is 0 Å². The molecular weight excluding hydrogens is 508 g/mol. The SMILES string of the molecule is C=N/C=C(\C=C(\Cl)CCCCCO)NC(=O)c1cnn(-c2ccc(Cl)c3nccn23)c1C(F)(F)F. The summed E-state index contributed by atoms with van der Waals surface area (Å²) < 4.78 is 44.3. The molecule has 0 aliphatic carbocycles. The van der Waals surface area contributed by atoms with Crippen molar-refractivity contribution in [3.05, 3.63) is 70.0 Å². The van der Waals surface area contributed by atoms with E-state index in [9.17, 15) is 18.0 Å². The first-order chi connectivity index (χ1) is 16.7. The fourth-order valence-electron chi connectivity index (χ4n) is 3.33. The van der Waals surface area contributed by atoms with E-state index >= 15 is 0 Å². The van der Waals surface area contributed by atoms with Gasteiger partial charge in [0.1, 0.15) is 5.82 Å². The number of carbonyl (C=O) groups excluding carboxylic acids is 1. The van der Waals surface area contributed by atoms with Crippen LogP contribution in [0.15, 0.2) is 58.7 Å². The molecule has 3 rings (SSSR count). The van der Waals surface area contributed by atoms with Crippen molar-refractivity contribution in [2.45, 2.75) is 31.9 Å². The molecule has 0 aromatic carbocycles. The fraction of sp³-hybridized carbons (Fsp3) is 0.273. The largest absolute Gasteiger partial charge is 0.434 e. The summed E-state index contributed by atoms with van der Waals surface area (Å²) in [5, 5.41) is 15.6. The van der Waals surface area contributed by atoms with Crippen LogP contribution in [0.2, 0.25) is 5.02 Å². The van der Waals surface area contributed by atoms with E-state index in [0.29, 0.717) is 29.0 Å². The lowest BCUT2D eigenvalue weighted by molar-refractivity contribution is -0.143. The van der Waals surface area contributed by atoms with Crippen molar-refractivity contribution in [3.8, 4) is 5.82 Å². The van der Waals surface area contributed by atoms with Crippen molar-refractivity contribution in [1.82, 2.24) is 24.5 Å². The molecule has 0 unspecified atom stereocenters. The van der Waals surface area contributed by atoms with Crippen molar-refractivity contribution in [2.24, 2.45) is 4.99 Å². The van der Waals surface area contributed by atoms with Gasteiger partial charge in [-0.25, -0.2) is 9.67 Å². The summed E-state index contributed by atoms with van der Waals surface area (Å²) in [5.74, 6) is -1.07. The Labute approximate surface area is 208 Å². The van der Waals surface area contributed by atoms with Crippen LogP contribution in [-0.2, 0) is 6.18 Å². The van der Waals surface area contributed by atoms with Gasteiger partial charge in [-0.1, -0.05) is 29.6 Å². The maximum Gasteiger partial charge on any atom is 0.434 e. The van der Waals surface area contributed by atoms with Gasteiger partial charge in [-0.05, 0) is 44.2 Å². The minimum atomic E-state index is -4.92. The third-order valence-corrected chi connectivity index (χ3v) is 5.45. The molecule has 13 heteroatoms. The Morgan fingerprint density at radius 1 is 1.29 bits per heavy atom. The number of nitrogens with one attached hydrogen (secondary N) is 1. The number of aliphatic hydroxyl groups excluding tert-OH is 1. The van der Waals surface area contributed by atoms with Crippen LogP contribution in [0.1, 0.15) is 41.7 Å². The number of fused-ring (bicyclic) bond motifs is 1. The number of carbonyl (C=O) groups is 1. The second-order valence-electron chi connectivity index (χ2n) is 7.32. The predicted molar refractivity (Wildman–Crippen MR) is 127 cm³/mol. The number of hydrogen-bond acceptors (Lipinski definition) is 5. The van der Waals surface area contributed by atoms with Crippen molar-refractivity contribution in [2.75, 3.05) is 6.61 Å². The minimum Gasteiger partial charge on any atom is -0.396 e. The second-order valence-corrected chi connectivity index (χ2v) is 8.22. The number of alkyl halides is 3. The number of nitrogens with zero attached hydrogens (tertiary/aromatic N) is 5. The molecule has 186 valence electrons. The van der Waals surface area contributed by atoms with Crippen LogP contribution in [0.3, 0.4) is 0 Å². The van der Waals surface area contributed by atoms with Gasteiger partial charge >= 0.3 is 6.18 Å². The highest BCUT2D eigenvalue weighted by atomic mass is 35.5. The van der Waals surface area contributed by atoms with E-state index in [1.807, 2.05) is 0 Å². The number of aliphatic imine (C=N–C) groups is 1. The molecule has 3 aromatic rings. The number of aromatic nitrogens is 4. The monoisotopic (exact) mass is 528 g/mol. The Bertz CT molecular complexity index is 1280. The summed E-state index contributed by atoms with van der Waals surface area (Å²) in [6.07, 6.45) is 3.79. The number of allylic oxidation sites excluding steroid dienone is 2. The molecule has 3 aromatic heterocycles. The van der Waals surface area contributed by atoms with E-state index in [-0.39, 0.29) is 28.8 Å². The van der Waals surface area contributed by atoms with Gasteiger partial charge < -0.3 is 10.4 Å². The zero-order valence-electron chi connectivity index (χ0n) is 18.3. The molecule has 2 N–H and O–H groups in total. The first kappa shape index (κ1) is 26.5. The van der Waals surface area contributed by atoms with E-state index in [2.05, 4.69) is 27.1 Å². The highest BCUT2D eigenvalue weighted by Crippen LogP contribution is 2.34. The standard InChI is InChI=1S/C22H21Cl2F3N6O2/c1-28-12-15(11-14(23)5-3-2-4-10-34)31-21(35)16-13-30-33(19(16)22(25,26)27)18-7-6-17(24)20-29-8-9-32(18)20/h6-9,11-13,34H,1-5,10H2,(H,31,35)/b14-11+,15-12+. The van der Waals surface area contributed by atoms with Crippen LogP contribution in [0, 0.1) is 0 Å². The normalized spacial score (nSPS) is 12.9. The molecule has 0 atom stereocenters. The average Bonchev–Trinajstić information content (AvgIpc) is 3.45. The Morgan fingerprint density at radius 2 is 2.06 bits per heavy atom. The second kappa shape index (κ2) is 11.5. The fourth-order valence-corrected chi connectivity index (χ4v) is 3.78. The number of aliphatic hydroxyl groups is 1. The summed E-state index contributed by atoms with van der Waals surface area (Å²) in [5.41, 5.74) is -1.69. The molecule has 0 bridgehead atoms. The molecular formula is C22H21Cl2F3N6O2. The lowest BCUT2D eigenvalue weighted by Gasteiger charge is -2.14. The van der Waals surface area contributed by atoms with Crippen molar-refractivity contribution in [1.29, 1.82) is 0 Å². The summed E-state index contributed by atoms with van der Waals surface area (Å²) in [4.78, 5) is 20.5. The van der Waals surface area contributed by atoms with Crippen molar-refractivity contribution < 1.29 is 23.1 Å². The van der Waals surface area contributed by atoms with E-state index in [4.69, 9.17) is 28.3 Å². The summed E-state index contributed by atoms with van der Waals surface area (Å²) in [7, 11) is 0. The van der Waals surface area contributed by atoms with Gasteiger partial charge in [0.2, 0.25) is 0 Å². The summed E-state index contributed by atoms with van der Waals surface area (Å²) in [6, 6.07) is 2.73. The van der Waals surface area contributed by atoms with Crippen LogP contribution >= 0.6 is 23.2 Å². The molecule has 3 heterocycles. The Kier molecular flexibility index (Phi) is 8.71. The van der Waals surface area contributed by atoms with Gasteiger partial charge in [0, 0.05) is 30.2 Å². The third-order valence-electron chi connectivity index (χ3n) is 4.85. The summed E-state index contributed by atoms with van der Waals surface area (Å²) >= 11 is 12.3. The van der Waals surface area contributed by atoms with E-state index < -0.39 is 23.3 Å². The van der Waals surface area contributed by atoms with Crippen LogP contribution in [0.25, 0.3) is 11.5 Å². The van der Waals surface area contributed by atoms with E-state index in [0.717, 1.165) is 12.6 Å². The predicted octanol–water partition coefficient (Wildman–Crippen LogP) is 5.14. The first-order valence-corrected chi connectivity index (χ1v) is 11.1. The van der Waals surface area contributed by atoms with Crippen LogP contribution in [0.4, 0.5) is 13.2 Å². The maximum absolute atomic E-state index is 14.1. The quantitative estimate of drug-likeness (QED) is 0.216. The zero-order chi connectivity index (χ0) is 25.6. The number of pyridine rings is 1. The van der Waals surface area contributed by atoms with Gasteiger partial charge in [-0.3, -0.25) is 14.2 Å². The molecule has 1 amide bonds. The lowest BCUT2D eigenvalue weighted by Crippen LogP contribution is -2.26. The number of halogens is 5. The number of imidazole rings is 1. The van der Waals surface area contributed by atoms with Crippen molar-refractivity contribution >= 4 is 41.5 Å². The van der Waals surface area contributed by atoms with Crippen LogP contribution < -0.4 is 5.32 Å². The van der Waals surface area contributed by atoms with Crippen molar-refractivity contribution in [3.63, 3.8) is 0 Å². The number of hydrogen-bond donors (Lipinski definition) is 2. The minimum absolute atomic E-state index is 0.0115. The number of unbranched alkanes of at least 4 members (excludes halogenated alkanes) is 2. The van der Waals surface area contributed by atoms with E-state index in [1.165, 1.54) is 41.2 Å². The molecule has 8 nitrogen and oxygen atoms in total. The molecule has 0 radical (unpaired) electrons. The Hall–Kier alpha value is -3.15. The smallest absolute Gasteiger partial charge is 0.396 e. The molecule has 0 saturated heterocycles. The molecule has 35 heavy (non-hydrogen) atoms. The Balaban J connectivity index is 1.94. The average molecular weight is 529 g/mol. The van der Waals surface area contributed by atoms with Gasteiger partial charge in [-0.2, -0.15) is 18.3 Å². The highest BCUT2D eigenvalue weighted by Gasteiger charge is 2.41. The van der Waals surface area contributed by atoms with Gasteiger partial charge in [0.25, 0.3) is 5.91 Å². The van der Waals surface area contributed by atoms with Crippen LogP contribution in [-0.4, -0.2) is 43.5 Å². The zero-order valence-corrected chi connectivity index (χ0v) is 19.8. The lowest BCUT2D eigenvalue weighted by atomic mass is 10.2. The summed E-state index contributed by atoms with van der Waals surface area (Å²) in [6.45, 7) is 3.38. The number of amides is 1. The van der Waals surface area contributed by atoms with Crippen LogP contribution in [0.5, 0.6) is 0 Å². The molecule has 0 spiro atoms. The molecule has 0 aliphatic heterocycles. The molecule has 0 saturated carbocycles. The third kappa shape index (κ3) is 6.30. The van der Waals surface area contributed by atoms with Gasteiger partial charge in [0.15, 0.2) is 11.3 Å². The first-order valence-electron chi connectivity index (χ1n) is 10.4. The topological polar surface area (TPSA) is 96.8 Å². The maximum atomic E-state index is 14.1. The van der Waals surface area contributed by atoms with Gasteiger partial charge in [0.05, 0.1) is 22.5 Å².